The molecule has 0 aromatic heterocycles. The molecule has 1 fully saturated rings. The maximum absolute atomic E-state index is 12.0. The van der Waals surface area contributed by atoms with Gasteiger partial charge in [-0.25, -0.2) is 0 Å². The second kappa shape index (κ2) is 5.03. The van der Waals surface area contributed by atoms with E-state index in [9.17, 15) is 9.59 Å². The Morgan fingerprint density at radius 2 is 2.11 bits per heavy atom. The molecule has 0 bridgehead atoms. The van der Waals surface area contributed by atoms with Gasteiger partial charge in [0.2, 0.25) is 11.8 Å². The van der Waals surface area contributed by atoms with Crippen molar-refractivity contribution in [3.8, 4) is 0 Å². The molecule has 4 heteroatoms. The van der Waals surface area contributed by atoms with Crippen LogP contribution in [0.2, 0.25) is 0 Å². The first kappa shape index (κ1) is 13.6. The van der Waals surface area contributed by atoms with Gasteiger partial charge in [-0.2, -0.15) is 0 Å². The molecule has 2 rings (SSSR count). The van der Waals surface area contributed by atoms with E-state index in [0.29, 0.717) is 6.54 Å². The number of benzene rings is 1. The van der Waals surface area contributed by atoms with E-state index in [2.05, 4.69) is 0 Å². The third-order valence-corrected chi connectivity index (χ3v) is 4.10. The highest BCUT2D eigenvalue weighted by molar-refractivity contribution is 5.89. The fourth-order valence-electron chi connectivity index (χ4n) is 2.90. The lowest BCUT2D eigenvalue weighted by molar-refractivity contribution is -0.129. The van der Waals surface area contributed by atoms with Gasteiger partial charge >= 0.3 is 0 Å². The second-order valence-electron chi connectivity index (χ2n) is 5.13. The summed E-state index contributed by atoms with van der Waals surface area (Å²) in [6.45, 7) is 6.59. The number of nitrogens with two attached hydrogens (primary N) is 1. The fraction of sp³-hybridized carbons (Fsp3) is 0.467. The highest BCUT2D eigenvalue weighted by Gasteiger charge is 2.43. The normalized spacial score (nSPS) is 22.9. The number of hydrogen-bond donors (Lipinski definition) is 1. The van der Waals surface area contributed by atoms with Gasteiger partial charge in [0.1, 0.15) is 0 Å². The molecule has 2 N–H and O–H groups in total. The molecule has 1 saturated heterocycles. The van der Waals surface area contributed by atoms with E-state index in [1.54, 1.807) is 4.90 Å². The number of primary amides is 1. The summed E-state index contributed by atoms with van der Waals surface area (Å²) in [5.41, 5.74) is 8.81. The molecule has 19 heavy (non-hydrogen) atoms. The van der Waals surface area contributed by atoms with Crippen molar-refractivity contribution < 1.29 is 9.59 Å². The molecular formula is C15H20N2O2. The molecule has 0 aliphatic carbocycles. The van der Waals surface area contributed by atoms with Crippen LogP contribution in [-0.2, 0) is 9.59 Å². The summed E-state index contributed by atoms with van der Waals surface area (Å²) in [5.74, 6) is -0.805. The van der Waals surface area contributed by atoms with Crippen molar-refractivity contribution in [2.24, 2.45) is 11.7 Å². The number of rotatable bonds is 3. The van der Waals surface area contributed by atoms with Crippen molar-refractivity contribution in [3.05, 3.63) is 34.9 Å². The molecule has 1 aromatic rings. The summed E-state index contributed by atoms with van der Waals surface area (Å²) in [6, 6.07) is 5.77. The highest BCUT2D eigenvalue weighted by Crippen LogP contribution is 2.39. The Morgan fingerprint density at radius 3 is 2.68 bits per heavy atom. The predicted molar refractivity (Wildman–Crippen MR) is 73.3 cm³/mol. The second-order valence-corrected chi connectivity index (χ2v) is 5.13. The zero-order valence-corrected chi connectivity index (χ0v) is 11.6. The molecule has 2 atom stereocenters. The van der Waals surface area contributed by atoms with E-state index in [1.165, 1.54) is 0 Å². The zero-order chi connectivity index (χ0) is 14.2. The van der Waals surface area contributed by atoms with Crippen LogP contribution in [0, 0.1) is 19.8 Å². The largest absolute Gasteiger partial charge is 0.369 e. The Balaban J connectivity index is 2.51. The number of amides is 2. The molecule has 1 aliphatic heterocycles. The van der Waals surface area contributed by atoms with Gasteiger partial charge in [-0.15, -0.1) is 0 Å². The van der Waals surface area contributed by atoms with Crippen LogP contribution >= 0.6 is 0 Å². The van der Waals surface area contributed by atoms with Crippen LogP contribution in [0.5, 0.6) is 0 Å². The summed E-state index contributed by atoms with van der Waals surface area (Å²) in [6.07, 6.45) is 0.223. The summed E-state index contributed by atoms with van der Waals surface area (Å²) in [4.78, 5) is 25.4. The number of likely N-dealkylation sites (tertiary alicyclic amines) is 1. The van der Waals surface area contributed by atoms with Gasteiger partial charge in [-0.1, -0.05) is 18.2 Å². The number of carbonyl (C=O) groups is 2. The minimum Gasteiger partial charge on any atom is -0.369 e. The van der Waals surface area contributed by atoms with Crippen molar-refractivity contribution in [2.45, 2.75) is 33.2 Å². The Morgan fingerprint density at radius 1 is 1.42 bits per heavy atom. The van der Waals surface area contributed by atoms with Crippen LogP contribution in [-0.4, -0.2) is 23.3 Å². The van der Waals surface area contributed by atoms with E-state index in [4.69, 9.17) is 5.73 Å². The Labute approximate surface area is 113 Å². The SMILES string of the molecule is CCN1C(=O)CC(C(N)=O)C1c1cccc(C)c1C. The lowest BCUT2D eigenvalue weighted by Gasteiger charge is -2.28. The van der Waals surface area contributed by atoms with E-state index in [-0.39, 0.29) is 18.4 Å². The lowest BCUT2D eigenvalue weighted by atomic mass is 9.89. The van der Waals surface area contributed by atoms with Gasteiger partial charge in [-0.3, -0.25) is 9.59 Å². The first-order valence-electron chi connectivity index (χ1n) is 6.62. The fourth-order valence-corrected chi connectivity index (χ4v) is 2.90. The molecule has 1 aromatic carbocycles. The van der Waals surface area contributed by atoms with Gasteiger partial charge in [0.25, 0.3) is 0 Å². The first-order chi connectivity index (χ1) is 8.97. The lowest BCUT2D eigenvalue weighted by Crippen LogP contribution is -2.33. The van der Waals surface area contributed by atoms with Gasteiger partial charge in [-0.05, 0) is 37.5 Å². The molecule has 0 spiro atoms. The Bertz CT molecular complexity index is 525. The van der Waals surface area contributed by atoms with Crippen LogP contribution in [0.1, 0.15) is 36.1 Å². The standard InChI is InChI=1S/C15H20N2O2/c1-4-17-13(18)8-12(15(16)19)14(17)11-7-5-6-9(2)10(11)3/h5-7,12,14H,4,8H2,1-3H3,(H2,16,19). The van der Waals surface area contributed by atoms with E-state index >= 15 is 0 Å². The minimum atomic E-state index is -0.423. The summed E-state index contributed by atoms with van der Waals surface area (Å²) in [7, 11) is 0. The van der Waals surface area contributed by atoms with E-state index < -0.39 is 11.8 Å². The smallest absolute Gasteiger partial charge is 0.223 e. The predicted octanol–water partition coefficient (Wildman–Crippen LogP) is 1.70. The van der Waals surface area contributed by atoms with Gasteiger partial charge < -0.3 is 10.6 Å². The molecule has 1 aliphatic rings. The van der Waals surface area contributed by atoms with E-state index in [1.807, 2.05) is 39.0 Å². The minimum absolute atomic E-state index is 0.0113. The molecule has 4 nitrogen and oxygen atoms in total. The third-order valence-electron chi connectivity index (χ3n) is 4.10. The van der Waals surface area contributed by atoms with Crippen LogP contribution in [0.4, 0.5) is 0 Å². The summed E-state index contributed by atoms with van der Waals surface area (Å²) >= 11 is 0. The average Bonchev–Trinajstić information content (AvgIpc) is 2.69. The van der Waals surface area contributed by atoms with Gasteiger partial charge in [0, 0.05) is 13.0 Å². The maximum atomic E-state index is 12.0. The monoisotopic (exact) mass is 260 g/mol. The molecule has 0 radical (unpaired) electrons. The van der Waals surface area contributed by atoms with Crippen LogP contribution in [0.25, 0.3) is 0 Å². The third kappa shape index (κ3) is 2.23. The summed E-state index contributed by atoms with van der Waals surface area (Å²) < 4.78 is 0. The number of aryl methyl sites for hydroxylation is 1. The number of carbonyl (C=O) groups excluding carboxylic acids is 2. The highest BCUT2D eigenvalue weighted by atomic mass is 16.2. The Kier molecular flexibility index (Phi) is 3.60. The molecule has 2 unspecified atom stereocenters. The average molecular weight is 260 g/mol. The van der Waals surface area contributed by atoms with Crippen molar-refractivity contribution in [1.29, 1.82) is 0 Å². The van der Waals surface area contributed by atoms with Crippen LogP contribution < -0.4 is 5.73 Å². The van der Waals surface area contributed by atoms with Crippen molar-refractivity contribution in [2.75, 3.05) is 6.54 Å². The molecule has 1 heterocycles. The van der Waals surface area contributed by atoms with E-state index in [0.717, 1.165) is 16.7 Å². The molecule has 0 saturated carbocycles. The quantitative estimate of drug-likeness (QED) is 0.899. The first-order valence-corrected chi connectivity index (χ1v) is 6.62. The van der Waals surface area contributed by atoms with Crippen molar-refractivity contribution >= 4 is 11.8 Å². The van der Waals surface area contributed by atoms with Crippen LogP contribution in [0.15, 0.2) is 18.2 Å². The van der Waals surface area contributed by atoms with Gasteiger partial charge in [0.15, 0.2) is 0 Å². The van der Waals surface area contributed by atoms with Crippen molar-refractivity contribution in [3.63, 3.8) is 0 Å². The molecular weight excluding hydrogens is 240 g/mol. The number of hydrogen-bond acceptors (Lipinski definition) is 2. The molecule has 2 amide bonds. The topological polar surface area (TPSA) is 63.4 Å². The maximum Gasteiger partial charge on any atom is 0.223 e. The molecule has 102 valence electrons. The van der Waals surface area contributed by atoms with Gasteiger partial charge in [0.05, 0.1) is 12.0 Å². The Hall–Kier alpha value is -1.84. The zero-order valence-electron chi connectivity index (χ0n) is 11.6. The van der Waals surface area contributed by atoms with Crippen molar-refractivity contribution in [1.82, 2.24) is 4.90 Å². The van der Waals surface area contributed by atoms with Crippen LogP contribution in [0.3, 0.4) is 0 Å². The number of nitrogens with zero attached hydrogens (tertiary/aromatic N) is 1. The summed E-state index contributed by atoms with van der Waals surface area (Å²) in [5, 5.41) is 0.